The lowest BCUT2D eigenvalue weighted by Gasteiger charge is -2.25. The molecule has 0 saturated heterocycles. The molecular weight excluding hydrogens is 386 g/mol. The second-order valence-corrected chi connectivity index (χ2v) is 5.88. The van der Waals surface area contributed by atoms with E-state index in [-0.39, 0.29) is 39.9 Å². The van der Waals surface area contributed by atoms with E-state index in [1.807, 2.05) is 6.07 Å². The number of fused-ring (bicyclic) bond motifs is 1. The summed E-state index contributed by atoms with van der Waals surface area (Å²) in [6.45, 7) is -0.607. The molecule has 2 heterocycles. The Morgan fingerprint density at radius 1 is 1.31 bits per heavy atom. The van der Waals surface area contributed by atoms with Crippen molar-refractivity contribution in [2.24, 2.45) is 5.73 Å². The van der Waals surface area contributed by atoms with Gasteiger partial charge in [-0.15, -0.1) is 0 Å². The minimum Gasteiger partial charge on any atom is -0.493 e. The van der Waals surface area contributed by atoms with E-state index in [1.54, 1.807) is 0 Å². The van der Waals surface area contributed by atoms with Crippen LogP contribution in [0.3, 0.4) is 0 Å². The number of nitrogens with two attached hydrogens (primary N) is 1. The zero-order valence-corrected chi connectivity index (χ0v) is 15.3. The average Bonchev–Trinajstić information content (AvgIpc) is 2.72. The lowest BCUT2D eigenvalue weighted by atomic mass is 9.86. The fourth-order valence-corrected chi connectivity index (χ4v) is 3.05. The number of methoxy groups -OCH3 is 2. The van der Waals surface area contributed by atoms with Crippen LogP contribution in [0.25, 0.3) is 0 Å². The van der Waals surface area contributed by atoms with E-state index in [4.69, 9.17) is 24.4 Å². The van der Waals surface area contributed by atoms with Gasteiger partial charge in [0, 0.05) is 11.6 Å². The van der Waals surface area contributed by atoms with Gasteiger partial charge < -0.3 is 29.5 Å². The summed E-state index contributed by atoms with van der Waals surface area (Å²) in [7, 11) is 2.65. The Balaban J connectivity index is 2.41. The number of nitrogens with zero attached hydrogens (tertiary/aromatic N) is 2. The monoisotopic (exact) mass is 401 g/mol. The van der Waals surface area contributed by atoms with E-state index >= 15 is 0 Å². The summed E-state index contributed by atoms with van der Waals surface area (Å²) in [4.78, 5) is 23.4. The largest absolute Gasteiger partial charge is 0.493 e. The molecule has 11 heteroatoms. The van der Waals surface area contributed by atoms with Crippen LogP contribution in [0.2, 0.25) is 0 Å². The Bertz CT molecular complexity index is 1130. The molecule has 0 fully saturated rings. The van der Waals surface area contributed by atoms with Crippen molar-refractivity contribution in [1.82, 2.24) is 0 Å². The van der Waals surface area contributed by atoms with Gasteiger partial charge in [-0.3, -0.25) is 14.9 Å². The fourth-order valence-electron chi connectivity index (χ4n) is 3.05. The summed E-state index contributed by atoms with van der Waals surface area (Å²) in [5.41, 5.74) is 4.49. The van der Waals surface area contributed by atoms with Crippen LogP contribution in [0.15, 0.2) is 38.9 Å². The van der Waals surface area contributed by atoms with Crippen LogP contribution in [-0.4, -0.2) is 24.2 Å². The second kappa shape index (κ2) is 7.53. The molecule has 1 aromatic heterocycles. The number of benzene rings is 1. The number of nitro benzene ring substituents is 1. The van der Waals surface area contributed by atoms with Gasteiger partial charge in [0.2, 0.25) is 17.1 Å². The third kappa shape index (κ3) is 3.21. The van der Waals surface area contributed by atoms with Crippen molar-refractivity contribution >= 4 is 5.69 Å². The quantitative estimate of drug-likeness (QED) is 0.549. The highest BCUT2D eigenvalue weighted by Crippen LogP contribution is 2.47. The summed E-state index contributed by atoms with van der Waals surface area (Å²) >= 11 is 0. The van der Waals surface area contributed by atoms with Crippen LogP contribution in [0.5, 0.6) is 17.2 Å². The summed E-state index contributed by atoms with van der Waals surface area (Å²) in [6.07, 6.45) is 0. The number of rotatable bonds is 5. The van der Waals surface area contributed by atoms with E-state index < -0.39 is 34.4 Å². The van der Waals surface area contributed by atoms with E-state index in [2.05, 4.69) is 0 Å². The summed E-state index contributed by atoms with van der Waals surface area (Å²) in [5, 5.41) is 30.7. The van der Waals surface area contributed by atoms with Crippen molar-refractivity contribution in [2.75, 3.05) is 14.2 Å². The zero-order valence-electron chi connectivity index (χ0n) is 15.3. The molecule has 1 atom stereocenters. The van der Waals surface area contributed by atoms with Crippen molar-refractivity contribution in [3.63, 3.8) is 0 Å². The van der Waals surface area contributed by atoms with Gasteiger partial charge in [-0.05, 0) is 6.07 Å². The van der Waals surface area contributed by atoms with Gasteiger partial charge in [0.1, 0.15) is 24.0 Å². The molecule has 3 rings (SSSR count). The summed E-state index contributed by atoms with van der Waals surface area (Å²) in [6, 6.07) is 5.27. The Morgan fingerprint density at radius 2 is 1.97 bits per heavy atom. The highest BCUT2D eigenvalue weighted by atomic mass is 16.6. The lowest BCUT2D eigenvalue weighted by Crippen LogP contribution is -2.26. The van der Waals surface area contributed by atoms with Gasteiger partial charge in [-0.2, -0.15) is 5.26 Å². The van der Waals surface area contributed by atoms with Crippen molar-refractivity contribution in [3.05, 3.63) is 67.1 Å². The molecule has 1 unspecified atom stereocenters. The zero-order chi connectivity index (χ0) is 21.3. The number of hydrogen-bond acceptors (Lipinski definition) is 10. The molecule has 0 spiro atoms. The molecule has 1 aliphatic heterocycles. The molecule has 29 heavy (non-hydrogen) atoms. The maximum absolute atomic E-state index is 12.4. The van der Waals surface area contributed by atoms with Gasteiger partial charge in [-0.1, -0.05) is 0 Å². The van der Waals surface area contributed by atoms with Gasteiger partial charge in [-0.25, -0.2) is 0 Å². The first-order valence-corrected chi connectivity index (χ1v) is 8.11. The highest BCUT2D eigenvalue weighted by molar-refractivity contribution is 5.62. The first-order chi connectivity index (χ1) is 13.9. The summed E-state index contributed by atoms with van der Waals surface area (Å²) < 4.78 is 21.1. The van der Waals surface area contributed by atoms with Crippen molar-refractivity contribution in [3.8, 4) is 23.3 Å². The minimum atomic E-state index is -1.25. The SMILES string of the molecule is COc1cc(C2C(C#N)=C(N)Oc3c2oc(CO)cc3=O)c([N+](=O)[O-])cc1OC. The molecule has 0 bridgehead atoms. The van der Waals surface area contributed by atoms with Gasteiger partial charge in [0.15, 0.2) is 17.3 Å². The molecular formula is C18H15N3O8. The van der Waals surface area contributed by atoms with Crippen LogP contribution in [0.1, 0.15) is 23.0 Å². The third-order valence-corrected chi connectivity index (χ3v) is 4.33. The predicted octanol–water partition coefficient (Wildman–Crippen LogP) is 1.28. The number of aliphatic hydroxyl groups excluding tert-OH is 1. The number of allylic oxidation sites excluding steroid dienone is 1. The number of nitro groups is 1. The first kappa shape index (κ1) is 19.7. The van der Waals surface area contributed by atoms with Crippen molar-refractivity contribution in [1.29, 1.82) is 5.26 Å². The van der Waals surface area contributed by atoms with Crippen LogP contribution in [0, 0.1) is 21.4 Å². The molecule has 0 aliphatic carbocycles. The average molecular weight is 401 g/mol. The van der Waals surface area contributed by atoms with Gasteiger partial charge >= 0.3 is 0 Å². The number of aliphatic hydroxyl groups is 1. The molecule has 3 N–H and O–H groups in total. The molecule has 0 saturated carbocycles. The molecule has 0 amide bonds. The summed E-state index contributed by atoms with van der Waals surface area (Å²) in [5.74, 6) is -2.02. The molecule has 150 valence electrons. The third-order valence-electron chi connectivity index (χ3n) is 4.33. The highest BCUT2D eigenvalue weighted by Gasteiger charge is 2.39. The van der Waals surface area contributed by atoms with E-state index in [9.17, 15) is 25.3 Å². The van der Waals surface area contributed by atoms with E-state index in [0.717, 1.165) is 12.1 Å². The maximum Gasteiger partial charge on any atom is 0.277 e. The molecule has 11 nitrogen and oxygen atoms in total. The van der Waals surface area contributed by atoms with E-state index in [1.165, 1.54) is 20.3 Å². The van der Waals surface area contributed by atoms with Crippen LogP contribution >= 0.6 is 0 Å². The second-order valence-electron chi connectivity index (χ2n) is 5.88. The molecule has 1 aromatic carbocycles. The maximum atomic E-state index is 12.4. The topological polar surface area (TPSA) is 171 Å². The van der Waals surface area contributed by atoms with E-state index in [0.29, 0.717) is 0 Å². The predicted molar refractivity (Wildman–Crippen MR) is 96.4 cm³/mol. The van der Waals surface area contributed by atoms with Crippen molar-refractivity contribution < 1.29 is 28.7 Å². The van der Waals surface area contributed by atoms with Gasteiger partial charge in [0.05, 0.1) is 31.1 Å². The lowest BCUT2D eigenvalue weighted by molar-refractivity contribution is -0.385. The minimum absolute atomic E-state index is 0.0325. The Morgan fingerprint density at radius 3 is 2.52 bits per heavy atom. The molecule has 2 aromatic rings. The number of nitriles is 1. The Kier molecular flexibility index (Phi) is 5.12. The smallest absolute Gasteiger partial charge is 0.277 e. The standard InChI is InChI=1S/C18H15N3O8/c1-26-13-4-9(11(21(24)25)5-14(13)27-2)15-10(6-19)18(20)29-16-12(23)3-8(7-22)28-17(15)16/h3-5,15,22H,7,20H2,1-2H3. The number of hydrogen-bond donors (Lipinski definition) is 2. The molecule has 1 aliphatic rings. The van der Waals surface area contributed by atoms with Crippen molar-refractivity contribution in [2.45, 2.75) is 12.5 Å². The van der Waals surface area contributed by atoms with Crippen LogP contribution in [-0.2, 0) is 6.61 Å². The molecule has 0 radical (unpaired) electrons. The van der Waals surface area contributed by atoms with Crippen LogP contribution < -0.4 is 25.4 Å². The first-order valence-electron chi connectivity index (χ1n) is 8.11. The number of ether oxygens (including phenoxy) is 3. The fraction of sp³-hybridized carbons (Fsp3) is 0.222. The van der Waals surface area contributed by atoms with Gasteiger partial charge in [0.25, 0.3) is 5.69 Å². The normalized spacial score (nSPS) is 15.2. The van der Waals surface area contributed by atoms with Crippen LogP contribution in [0.4, 0.5) is 5.69 Å². The Hall–Kier alpha value is -4.04. The Labute approximate surface area is 163 Å².